The Bertz CT molecular complexity index is 537. The van der Waals surface area contributed by atoms with Gasteiger partial charge >= 0.3 is 0 Å². The summed E-state index contributed by atoms with van der Waals surface area (Å²) in [5.74, 6) is 0.867. The number of rotatable bonds is 5. The van der Waals surface area contributed by atoms with E-state index in [0.29, 0.717) is 0 Å². The van der Waals surface area contributed by atoms with Gasteiger partial charge in [-0.1, -0.05) is 35.5 Å². The third-order valence-electron chi connectivity index (χ3n) is 2.73. The van der Waals surface area contributed by atoms with Gasteiger partial charge in [0.2, 0.25) is 0 Å². The summed E-state index contributed by atoms with van der Waals surface area (Å²) >= 11 is 1.69. The highest BCUT2D eigenvalue weighted by atomic mass is 32.2. The van der Waals surface area contributed by atoms with Gasteiger partial charge in [-0.05, 0) is 12.5 Å². The minimum atomic E-state index is 0.191. The maximum absolute atomic E-state index is 10.5. The molecule has 2 aromatic rings. The van der Waals surface area contributed by atoms with Gasteiger partial charge in [0.05, 0.1) is 10.7 Å². The maximum Gasteiger partial charge on any atom is 0.111 e. The highest BCUT2D eigenvalue weighted by molar-refractivity contribution is 7.98. The molecule has 0 unspecified atom stereocenters. The van der Waals surface area contributed by atoms with Crippen molar-refractivity contribution in [2.24, 2.45) is 12.2 Å². The average molecular weight is 261 g/mol. The van der Waals surface area contributed by atoms with Crippen molar-refractivity contribution in [2.75, 3.05) is 0 Å². The maximum atomic E-state index is 10.5. The van der Waals surface area contributed by atoms with Crippen LogP contribution in [0.25, 0.3) is 0 Å². The van der Waals surface area contributed by atoms with E-state index in [1.165, 1.54) is 5.56 Å². The Morgan fingerprint density at radius 2 is 2.06 bits per heavy atom. The van der Waals surface area contributed by atoms with Crippen molar-refractivity contribution in [1.29, 1.82) is 0 Å². The largest absolute Gasteiger partial charge is 0.261 e. The molecule has 0 amide bonds. The van der Waals surface area contributed by atoms with E-state index in [1.807, 2.05) is 36.9 Å². The van der Waals surface area contributed by atoms with Crippen LogP contribution in [0.4, 0.5) is 0 Å². The smallest absolute Gasteiger partial charge is 0.111 e. The van der Waals surface area contributed by atoms with Gasteiger partial charge in [-0.15, -0.1) is 11.8 Å². The first-order valence-corrected chi connectivity index (χ1v) is 6.69. The second-order valence-electron chi connectivity index (χ2n) is 4.05. The van der Waals surface area contributed by atoms with E-state index < -0.39 is 0 Å². The van der Waals surface area contributed by atoms with Gasteiger partial charge in [0.25, 0.3) is 0 Å². The molecule has 0 radical (unpaired) electrons. The normalized spacial score (nSPS) is 10.6. The van der Waals surface area contributed by atoms with Crippen molar-refractivity contribution in [1.82, 2.24) is 9.78 Å². The predicted octanol–water partition coefficient (Wildman–Crippen LogP) is 3.29. The van der Waals surface area contributed by atoms with E-state index >= 15 is 0 Å². The number of nitroso groups, excluding NO2 is 1. The molecule has 94 valence electrons. The van der Waals surface area contributed by atoms with Crippen molar-refractivity contribution in [3.05, 3.63) is 52.1 Å². The molecule has 2 rings (SSSR count). The van der Waals surface area contributed by atoms with E-state index in [-0.39, 0.29) is 6.54 Å². The summed E-state index contributed by atoms with van der Waals surface area (Å²) in [6.07, 6.45) is 0. The van der Waals surface area contributed by atoms with Crippen molar-refractivity contribution in [3.63, 3.8) is 0 Å². The van der Waals surface area contributed by atoms with Gasteiger partial charge in [0.15, 0.2) is 0 Å². The van der Waals surface area contributed by atoms with Crippen molar-refractivity contribution in [2.45, 2.75) is 24.2 Å². The summed E-state index contributed by atoms with van der Waals surface area (Å²) in [6, 6.07) is 10.2. The van der Waals surface area contributed by atoms with E-state index in [4.69, 9.17) is 0 Å². The Morgan fingerprint density at radius 1 is 1.33 bits per heavy atom. The van der Waals surface area contributed by atoms with Crippen LogP contribution in [0.2, 0.25) is 0 Å². The molecule has 0 aliphatic carbocycles. The summed E-state index contributed by atoms with van der Waals surface area (Å²) in [5, 5.41) is 8.34. The van der Waals surface area contributed by atoms with Crippen molar-refractivity contribution >= 4 is 11.8 Å². The number of aromatic nitrogens is 2. The van der Waals surface area contributed by atoms with Crippen LogP contribution in [0.3, 0.4) is 0 Å². The molecule has 0 spiro atoms. The molecule has 1 aromatic heterocycles. The number of nitrogens with zero attached hydrogens (tertiary/aromatic N) is 3. The number of hydrogen-bond acceptors (Lipinski definition) is 4. The van der Waals surface area contributed by atoms with Crippen LogP contribution in [-0.4, -0.2) is 9.78 Å². The molecule has 1 heterocycles. The molecule has 0 aliphatic heterocycles. The lowest BCUT2D eigenvalue weighted by Gasteiger charge is -2.04. The Morgan fingerprint density at radius 3 is 2.72 bits per heavy atom. The second-order valence-corrected chi connectivity index (χ2v) is 5.02. The molecule has 0 N–H and O–H groups in total. The van der Waals surface area contributed by atoms with Gasteiger partial charge in [-0.3, -0.25) is 4.68 Å². The molecule has 1 aromatic carbocycles. The second kappa shape index (κ2) is 5.82. The minimum Gasteiger partial charge on any atom is -0.261 e. The number of thioether (sulfide) groups is 1. The molecule has 0 atom stereocenters. The fourth-order valence-electron chi connectivity index (χ4n) is 1.83. The lowest BCUT2D eigenvalue weighted by Crippen LogP contribution is -1.94. The predicted molar refractivity (Wildman–Crippen MR) is 73.4 cm³/mol. The third kappa shape index (κ3) is 2.79. The fourth-order valence-corrected chi connectivity index (χ4v) is 2.94. The van der Waals surface area contributed by atoms with Gasteiger partial charge in [-0.2, -0.15) is 10.0 Å². The third-order valence-corrected chi connectivity index (χ3v) is 3.99. The highest BCUT2D eigenvalue weighted by Gasteiger charge is 2.13. The summed E-state index contributed by atoms with van der Waals surface area (Å²) in [4.78, 5) is 10.5. The van der Waals surface area contributed by atoms with Gasteiger partial charge in [-0.25, -0.2) is 0 Å². The molecule has 0 fully saturated rings. The summed E-state index contributed by atoms with van der Waals surface area (Å²) in [5.41, 5.74) is 3.08. The Labute approximate surface area is 110 Å². The van der Waals surface area contributed by atoms with Crippen LogP contribution in [0.5, 0.6) is 0 Å². The molecule has 0 saturated carbocycles. The van der Waals surface area contributed by atoms with Crippen LogP contribution in [0.1, 0.15) is 16.8 Å². The first-order chi connectivity index (χ1) is 8.72. The van der Waals surface area contributed by atoms with E-state index in [9.17, 15) is 4.91 Å². The van der Waals surface area contributed by atoms with Gasteiger partial charge in [0, 0.05) is 18.4 Å². The van der Waals surface area contributed by atoms with Crippen LogP contribution in [-0.2, 0) is 19.3 Å². The molecular formula is C13H15N3OS. The Kier molecular flexibility index (Phi) is 4.15. The monoisotopic (exact) mass is 261 g/mol. The van der Waals surface area contributed by atoms with Crippen molar-refractivity contribution in [3.8, 4) is 0 Å². The fraction of sp³-hybridized carbons (Fsp3) is 0.308. The summed E-state index contributed by atoms with van der Waals surface area (Å²) < 4.78 is 1.82. The molecule has 0 bridgehead atoms. The van der Waals surface area contributed by atoms with Crippen LogP contribution < -0.4 is 0 Å². The van der Waals surface area contributed by atoms with Gasteiger partial charge < -0.3 is 0 Å². The van der Waals surface area contributed by atoms with Crippen LogP contribution >= 0.6 is 11.8 Å². The van der Waals surface area contributed by atoms with Crippen molar-refractivity contribution < 1.29 is 0 Å². The molecule has 0 aliphatic rings. The standard InChI is InChI=1S/C13H15N3OS/c1-10-12(8-14-17)13(16(2)15-10)18-9-11-6-4-3-5-7-11/h3-7H,8-9H2,1-2H3. The lowest BCUT2D eigenvalue weighted by atomic mass is 10.2. The average Bonchev–Trinajstić information content (AvgIpc) is 2.64. The zero-order valence-electron chi connectivity index (χ0n) is 10.5. The number of hydrogen-bond donors (Lipinski definition) is 0. The molecule has 0 saturated heterocycles. The zero-order chi connectivity index (χ0) is 13.0. The van der Waals surface area contributed by atoms with Gasteiger partial charge in [0.1, 0.15) is 6.54 Å². The number of benzene rings is 1. The highest BCUT2D eigenvalue weighted by Crippen LogP contribution is 2.28. The van der Waals surface area contributed by atoms with E-state index in [0.717, 1.165) is 22.0 Å². The topological polar surface area (TPSA) is 47.2 Å². The van der Waals surface area contributed by atoms with Crippen LogP contribution in [0, 0.1) is 11.8 Å². The first-order valence-electron chi connectivity index (χ1n) is 5.70. The van der Waals surface area contributed by atoms with Crippen LogP contribution in [0.15, 0.2) is 40.5 Å². The lowest BCUT2D eigenvalue weighted by molar-refractivity contribution is 0.688. The number of aryl methyl sites for hydroxylation is 2. The molecule has 4 nitrogen and oxygen atoms in total. The van der Waals surface area contributed by atoms with E-state index in [1.54, 1.807) is 11.8 Å². The Hall–Kier alpha value is -1.62. The molecular weight excluding hydrogens is 246 g/mol. The molecule has 18 heavy (non-hydrogen) atoms. The quantitative estimate of drug-likeness (QED) is 0.613. The summed E-state index contributed by atoms with van der Waals surface area (Å²) in [7, 11) is 1.90. The SMILES string of the molecule is Cc1nn(C)c(SCc2ccccc2)c1CN=O. The van der Waals surface area contributed by atoms with E-state index in [2.05, 4.69) is 22.4 Å². The zero-order valence-corrected chi connectivity index (χ0v) is 11.3. The first kappa shape index (κ1) is 12.8. The minimum absolute atomic E-state index is 0.191. The Balaban J connectivity index is 2.16. The molecule has 5 heteroatoms. The summed E-state index contributed by atoms with van der Waals surface area (Å²) in [6.45, 7) is 2.10.